The fourth-order valence-electron chi connectivity index (χ4n) is 3.93. The van der Waals surface area contributed by atoms with Gasteiger partial charge < -0.3 is 13.4 Å². The lowest BCUT2D eigenvalue weighted by Gasteiger charge is -2.25. The maximum atomic E-state index is 13.1. The normalized spacial score (nSPS) is 15.5. The first-order valence-corrected chi connectivity index (χ1v) is 13.0. The van der Waals surface area contributed by atoms with Crippen LogP contribution in [0, 0.1) is 0 Å². The highest BCUT2D eigenvalue weighted by Gasteiger charge is 2.26. The average molecular weight is 474 g/mol. The summed E-state index contributed by atoms with van der Waals surface area (Å²) in [4.78, 5) is 5.02. The van der Waals surface area contributed by atoms with Crippen molar-refractivity contribution in [2.75, 3.05) is 13.1 Å². The number of nitrogens with zero attached hydrogens (tertiary/aromatic N) is 5. The molecule has 9 nitrogen and oxygen atoms in total. The number of thioether (sulfide) groups is 1. The van der Waals surface area contributed by atoms with Crippen LogP contribution in [0.4, 0.5) is 0 Å². The molecule has 1 aliphatic heterocycles. The molecule has 11 heteroatoms. The van der Waals surface area contributed by atoms with E-state index >= 15 is 0 Å². The fourth-order valence-corrected chi connectivity index (χ4v) is 6.18. The number of hydrogen-bond acceptors (Lipinski definition) is 8. The standard InChI is InChI=1S/C21H23N5O4S2/c1-2-26-17-9-8-15(32(27,28)25-10-4-3-5-11-25)13-16(17)22-19(26)14-31-21-24-23-20(30-21)18-7-6-12-29-18/h6-9,12-13H,2-5,10-11,14H2,1H3. The number of furan rings is 1. The van der Waals surface area contributed by atoms with Crippen molar-refractivity contribution in [2.45, 2.75) is 48.6 Å². The van der Waals surface area contributed by atoms with Gasteiger partial charge in [-0.15, -0.1) is 10.2 Å². The second-order valence-corrected chi connectivity index (χ2v) is 10.4. The van der Waals surface area contributed by atoms with Gasteiger partial charge in [0, 0.05) is 19.6 Å². The Morgan fingerprint density at radius 2 is 1.97 bits per heavy atom. The summed E-state index contributed by atoms with van der Waals surface area (Å²) in [6.07, 6.45) is 4.45. The molecule has 1 aliphatic rings. The van der Waals surface area contributed by atoms with Crippen molar-refractivity contribution in [3.63, 3.8) is 0 Å². The molecule has 3 aromatic heterocycles. The lowest BCUT2D eigenvalue weighted by Crippen LogP contribution is -2.35. The lowest BCUT2D eigenvalue weighted by molar-refractivity contribution is 0.346. The van der Waals surface area contributed by atoms with Crippen molar-refractivity contribution in [1.82, 2.24) is 24.1 Å². The van der Waals surface area contributed by atoms with Crippen molar-refractivity contribution in [2.24, 2.45) is 0 Å². The molecule has 4 heterocycles. The molecule has 4 aromatic rings. The Morgan fingerprint density at radius 1 is 1.12 bits per heavy atom. The highest BCUT2D eigenvalue weighted by Crippen LogP contribution is 2.29. The van der Waals surface area contributed by atoms with Gasteiger partial charge in [-0.05, 0) is 50.1 Å². The molecule has 1 fully saturated rings. The highest BCUT2D eigenvalue weighted by atomic mass is 32.2. The minimum Gasteiger partial charge on any atom is -0.459 e. The summed E-state index contributed by atoms with van der Waals surface area (Å²) in [5.74, 6) is 2.18. The summed E-state index contributed by atoms with van der Waals surface area (Å²) in [6, 6.07) is 8.73. The van der Waals surface area contributed by atoms with Crippen LogP contribution in [0.15, 0.2) is 55.5 Å². The average Bonchev–Trinajstić information content (AvgIpc) is 3.57. The molecular formula is C21H23N5O4S2. The van der Waals surface area contributed by atoms with Crippen LogP contribution in [0.1, 0.15) is 32.0 Å². The SMILES string of the molecule is CCn1c(CSc2nnc(-c3ccco3)o2)nc2cc(S(=O)(=O)N3CCCCC3)ccc21. The van der Waals surface area contributed by atoms with Crippen LogP contribution in [0.2, 0.25) is 0 Å². The van der Waals surface area contributed by atoms with Crippen molar-refractivity contribution < 1.29 is 17.3 Å². The Labute approximate surface area is 189 Å². The van der Waals surface area contributed by atoms with E-state index in [1.807, 2.05) is 13.0 Å². The number of fused-ring (bicyclic) bond motifs is 1. The van der Waals surface area contributed by atoms with Gasteiger partial charge >= 0.3 is 0 Å². The lowest BCUT2D eigenvalue weighted by atomic mass is 10.2. The monoisotopic (exact) mass is 473 g/mol. The molecule has 0 unspecified atom stereocenters. The third kappa shape index (κ3) is 3.96. The molecule has 1 saturated heterocycles. The molecule has 0 saturated carbocycles. The van der Waals surface area contributed by atoms with Crippen LogP contribution < -0.4 is 0 Å². The molecule has 0 radical (unpaired) electrons. The Bertz CT molecular complexity index is 1320. The Kier molecular flexibility index (Phi) is 5.78. The summed E-state index contributed by atoms with van der Waals surface area (Å²) in [5, 5.41) is 8.48. The van der Waals surface area contributed by atoms with E-state index in [9.17, 15) is 8.42 Å². The predicted molar refractivity (Wildman–Crippen MR) is 120 cm³/mol. The molecule has 0 N–H and O–H groups in total. The molecular weight excluding hydrogens is 450 g/mol. The van der Waals surface area contributed by atoms with Crippen molar-refractivity contribution in [3.8, 4) is 11.7 Å². The number of imidazole rings is 1. The van der Waals surface area contributed by atoms with Crippen molar-refractivity contribution in [3.05, 3.63) is 42.4 Å². The summed E-state index contributed by atoms with van der Waals surface area (Å²) < 4.78 is 40.7. The first-order chi connectivity index (χ1) is 15.6. The summed E-state index contributed by atoms with van der Waals surface area (Å²) in [6.45, 7) is 3.91. The molecule has 0 spiro atoms. The van der Waals surface area contributed by atoms with Crippen LogP contribution in [0.5, 0.6) is 0 Å². The van der Waals surface area contributed by atoms with E-state index in [1.165, 1.54) is 11.8 Å². The first-order valence-electron chi connectivity index (χ1n) is 10.6. The highest BCUT2D eigenvalue weighted by molar-refractivity contribution is 7.98. The third-order valence-electron chi connectivity index (χ3n) is 5.53. The van der Waals surface area contributed by atoms with Crippen molar-refractivity contribution in [1.29, 1.82) is 0 Å². The zero-order valence-corrected chi connectivity index (χ0v) is 19.2. The van der Waals surface area contributed by atoms with Gasteiger partial charge in [-0.1, -0.05) is 18.2 Å². The second-order valence-electron chi connectivity index (χ2n) is 7.53. The molecule has 0 amide bonds. The first kappa shape index (κ1) is 21.2. The smallest absolute Gasteiger partial charge is 0.284 e. The van der Waals surface area contributed by atoms with Gasteiger partial charge in [0.05, 0.1) is 27.9 Å². The number of aromatic nitrogens is 4. The van der Waals surface area contributed by atoms with Crippen LogP contribution in [0.3, 0.4) is 0 Å². The molecule has 5 rings (SSSR count). The van der Waals surface area contributed by atoms with E-state index in [2.05, 4.69) is 14.8 Å². The Hall–Kier alpha value is -2.63. The quantitative estimate of drug-likeness (QED) is 0.368. The van der Waals surface area contributed by atoms with Gasteiger partial charge in [0.25, 0.3) is 11.1 Å². The molecule has 0 aliphatic carbocycles. The number of piperidine rings is 1. The second kappa shape index (κ2) is 8.72. The van der Waals surface area contributed by atoms with Gasteiger partial charge in [-0.25, -0.2) is 13.4 Å². The Morgan fingerprint density at radius 3 is 2.72 bits per heavy atom. The summed E-state index contributed by atoms with van der Waals surface area (Å²) >= 11 is 1.38. The van der Waals surface area contributed by atoms with Crippen molar-refractivity contribution >= 4 is 32.8 Å². The number of hydrogen-bond donors (Lipinski definition) is 0. The van der Waals surface area contributed by atoms with E-state index in [4.69, 9.17) is 13.8 Å². The topological polar surface area (TPSA) is 107 Å². The molecule has 0 bridgehead atoms. The largest absolute Gasteiger partial charge is 0.459 e. The van der Waals surface area contributed by atoms with Crippen LogP contribution in [-0.4, -0.2) is 45.6 Å². The Balaban J connectivity index is 1.39. The zero-order valence-electron chi connectivity index (χ0n) is 17.6. The minimum absolute atomic E-state index is 0.298. The summed E-state index contributed by atoms with van der Waals surface area (Å²) in [7, 11) is -3.50. The van der Waals surface area contributed by atoms with Crippen LogP contribution >= 0.6 is 11.8 Å². The maximum absolute atomic E-state index is 13.1. The molecule has 32 heavy (non-hydrogen) atoms. The van der Waals surface area contributed by atoms with Gasteiger partial charge in [-0.2, -0.15) is 4.31 Å². The van der Waals surface area contributed by atoms with E-state index in [0.29, 0.717) is 52.7 Å². The van der Waals surface area contributed by atoms with E-state index in [0.717, 1.165) is 30.6 Å². The summed E-state index contributed by atoms with van der Waals surface area (Å²) in [5.41, 5.74) is 1.57. The van der Waals surface area contributed by atoms with Gasteiger partial charge in [0.2, 0.25) is 10.0 Å². The molecule has 168 valence electrons. The number of benzene rings is 1. The molecule has 0 atom stereocenters. The maximum Gasteiger partial charge on any atom is 0.284 e. The minimum atomic E-state index is -3.50. The number of sulfonamides is 1. The molecule has 1 aromatic carbocycles. The van der Waals surface area contributed by atoms with Crippen LogP contribution in [0.25, 0.3) is 22.7 Å². The van der Waals surface area contributed by atoms with Crippen LogP contribution in [-0.2, 0) is 22.3 Å². The van der Waals surface area contributed by atoms with E-state index < -0.39 is 10.0 Å². The number of rotatable bonds is 7. The van der Waals surface area contributed by atoms with E-state index in [-0.39, 0.29) is 0 Å². The number of aryl methyl sites for hydroxylation is 1. The zero-order chi connectivity index (χ0) is 22.1. The van der Waals surface area contributed by atoms with E-state index in [1.54, 1.807) is 34.8 Å². The third-order valence-corrected chi connectivity index (χ3v) is 8.24. The predicted octanol–water partition coefficient (Wildman–Crippen LogP) is 4.17. The van der Waals surface area contributed by atoms with Gasteiger partial charge in [0.1, 0.15) is 5.82 Å². The van der Waals surface area contributed by atoms with Gasteiger partial charge in [-0.3, -0.25) is 0 Å². The van der Waals surface area contributed by atoms with Gasteiger partial charge in [0.15, 0.2) is 5.76 Å². The fraction of sp³-hybridized carbons (Fsp3) is 0.381.